The van der Waals surface area contributed by atoms with E-state index in [1.807, 2.05) is 49.4 Å². The second kappa shape index (κ2) is 13.0. The summed E-state index contributed by atoms with van der Waals surface area (Å²) in [6.45, 7) is 4.34. The first kappa shape index (κ1) is 27.1. The van der Waals surface area contributed by atoms with E-state index in [1.165, 1.54) is 12.1 Å². The number of sulfonamides is 1. The summed E-state index contributed by atoms with van der Waals surface area (Å²) in [5.74, 6) is 1.39. The third kappa shape index (κ3) is 8.32. The van der Waals surface area contributed by atoms with Crippen LogP contribution < -0.4 is 19.9 Å². The van der Waals surface area contributed by atoms with Crippen LogP contribution in [0, 0.1) is 0 Å². The molecular formula is C24H28BrClN2O4S. The summed E-state index contributed by atoms with van der Waals surface area (Å²) in [6.07, 6.45) is 0.767. The van der Waals surface area contributed by atoms with Gasteiger partial charge >= 0.3 is 0 Å². The minimum atomic E-state index is -3.66. The van der Waals surface area contributed by atoms with Crippen LogP contribution >= 0.6 is 28.3 Å². The van der Waals surface area contributed by atoms with Gasteiger partial charge in [-0.2, -0.15) is 0 Å². The molecule has 0 aliphatic heterocycles. The van der Waals surface area contributed by atoms with E-state index in [2.05, 4.69) is 21.2 Å². The van der Waals surface area contributed by atoms with Crippen LogP contribution in [0.4, 0.5) is 0 Å². The average Bonchev–Trinajstić information content (AvgIpc) is 2.77. The Hall–Kier alpha value is -2.10. The maximum Gasteiger partial charge on any atom is 0.238 e. The van der Waals surface area contributed by atoms with Gasteiger partial charge in [-0.05, 0) is 76.8 Å². The zero-order chi connectivity index (χ0) is 23.0. The lowest BCUT2D eigenvalue weighted by Gasteiger charge is -2.16. The van der Waals surface area contributed by atoms with E-state index in [-0.39, 0.29) is 17.3 Å². The van der Waals surface area contributed by atoms with Crippen LogP contribution in [0.3, 0.4) is 0 Å². The molecule has 0 bridgehead atoms. The topological polar surface area (TPSA) is 90.6 Å². The Morgan fingerprint density at radius 2 is 1.64 bits per heavy atom. The first-order valence-electron chi connectivity index (χ1n) is 10.3. The highest BCUT2D eigenvalue weighted by Crippen LogP contribution is 2.37. The van der Waals surface area contributed by atoms with E-state index in [0.29, 0.717) is 31.3 Å². The number of hydrogen-bond acceptors (Lipinski definition) is 5. The molecule has 9 heteroatoms. The summed E-state index contributed by atoms with van der Waals surface area (Å²) >= 11 is 3.62. The third-order valence-corrected chi connectivity index (χ3v) is 6.28. The molecule has 0 saturated heterocycles. The van der Waals surface area contributed by atoms with Crippen molar-refractivity contribution in [1.29, 1.82) is 0 Å². The number of halogens is 2. The average molecular weight is 556 g/mol. The van der Waals surface area contributed by atoms with Crippen LogP contribution in [0.15, 0.2) is 76.1 Å². The molecule has 3 rings (SSSR count). The standard InChI is InChI=1S/C24H27BrN2O4S.ClH/c1-2-30-23-15-20(14-22(25)24(23)31-17-19-6-4-3-5-7-19)16-27-13-12-18-8-10-21(11-9-18)32(26,28)29;/h3-11,14-15,27H,2,12-13,16-17H2,1H3,(H2,26,28,29);1H. The molecule has 0 fully saturated rings. The van der Waals surface area contributed by atoms with Crippen molar-refractivity contribution in [2.75, 3.05) is 13.2 Å². The summed E-state index contributed by atoms with van der Waals surface area (Å²) in [5.41, 5.74) is 3.19. The van der Waals surface area contributed by atoms with Crippen molar-refractivity contribution in [1.82, 2.24) is 5.32 Å². The van der Waals surface area contributed by atoms with Crippen molar-refractivity contribution in [2.45, 2.75) is 31.4 Å². The Morgan fingerprint density at radius 1 is 0.939 bits per heavy atom. The summed E-state index contributed by atoms with van der Waals surface area (Å²) in [7, 11) is -3.66. The quantitative estimate of drug-likeness (QED) is 0.331. The first-order valence-corrected chi connectivity index (χ1v) is 12.6. The van der Waals surface area contributed by atoms with Crippen molar-refractivity contribution in [3.05, 3.63) is 87.9 Å². The highest BCUT2D eigenvalue weighted by atomic mass is 79.9. The van der Waals surface area contributed by atoms with Crippen LogP contribution in [-0.2, 0) is 29.6 Å². The Labute approximate surface area is 210 Å². The Balaban J connectivity index is 0.00000385. The maximum absolute atomic E-state index is 11.3. The number of rotatable bonds is 11. The Morgan fingerprint density at radius 3 is 2.27 bits per heavy atom. The minimum absolute atomic E-state index is 0. The highest BCUT2D eigenvalue weighted by Gasteiger charge is 2.13. The fraction of sp³-hybridized carbons (Fsp3) is 0.250. The van der Waals surface area contributed by atoms with Gasteiger partial charge in [-0.1, -0.05) is 42.5 Å². The van der Waals surface area contributed by atoms with Crippen LogP contribution in [0.1, 0.15) is 23.6 Å². The van der Waals surface area contributed by atoms with Gasteiger partial charge in [0.05, 0.1) is 16.0 Å². The van der Waals surface area contributed by atoms with Crippen molar-refractivity contribution >= 4 is 38.4 Å². The van der Waals surface area contributed by atoms with Gasteiger partial charge in [0.15, 0.2) is 11.5 Å². The molecule has 3 aromatic rings. The van der Waals surface area contributed by atoms with Crippen LogP contribution in [0.5, 0.6) is 11.5 Å². The zero-order valence-electron chi connectivity index (χ0n) is 18.3. The van der Waals surface area contributed by atoms with Gasteiger partial charge < -0.3 is 14.8 Å². The van der Waals surface area contributed by atoms with Crippen LogP contribution in [0.2, 0.25) is 0 Å². The predicted molar refractivity (Wildman–Crippen MR) is 137 cm³/mol. The van der Waals surface area contributed by atoms with E-state index >= 15 is 0 Å². The molecule has 0 amide bonds. The fourth-order valence-corrected chi connectivity index (χ4v) is 4.29. The molecule has 3 aromatic carbocycles. The maximum atomic E-state index is 11.3. The molecule has 0 aliphatic rings. The molecule has 178 valence electrons. The molecule has 0 unspecified atom stereocenters. The molecule has 0 aliphatic carbocycles. The lowest BCUT2D eigenvalue weighted by Crippen LogP contribution is -2.17. The fourth-order valence-electron chi connectivity index (χ4n) is 3.17. The van der Waals surface area contributed by atoms with Gasteiger partial charge in [-0.3, -0.25) is 0 Å². The van der Waals surface area contributed by atoms with E-state index in [9.17, 15) is 8.42 Å². The summed E-state index contributed by atoms with van der Waals surface area (Å²) < 4.78 is 35.4. The van der Waals surface area contributed by atoms with Crippen LogP contribution in [0.25, 0.3) is 0 Å². The van der Waals surface area contributed by atoms with Crippen LogP contribution in [-0.4, -0.2) is 21.6 Å². The SMILES string of the molecule is CCOc1cc(CNCCc2ccc(S(N)(=O)=O)cc2)cc(Br)c1OCc1ccccc1.Cl. The summed E-state index contributed by atoms with van der Waals surface area (Å²) in [4.78, 5) is 0.122. The van der Waals surface area contributed by atoms with E-state index in [4.69, 9.17) is 14.6 Å². The second-order valence-corrected chi connectivity index (χ2v) is 9.64. The number of hydrogen-bond donors (Lipinski definition) is 2. The number of benzene rings is 3. The van der Waals surface area contributed by atoms with E-state index in [1.54, 1.807) is 12.1 Å². The van der Waals surface area contributed by atoms with Crippen molar-refractivity contribution < 1.29 is 17.9 Å². The molecule has 0 heterocycles. The van der Waals surface area contributed by atoms with Gasteiger partial charge in [0, 0.05) is 6.54 Å². The second-order valence-electron chi connectivity index (χ2n) is 7.23. The number of nitrogens with two attached hydrogens (primary N) is 1. The largest absolute Gasteiger partial charge is 0.490 e. The molecule has 0 atom stereocenters. The van der Waals surface area contributed by atoms with E-state index in [0.717, 1.165) is 34.1 Å². The Bertz CT molecular complexity index is 1130. The highest BCUT2D eigenvalue weighted by molar-refractivity contribution is 9.10. The van der Waals surface area contributed by atoms with E-state index < -0.39 is 10.0 Å². The molecule has 33 heavy (non-hydrogen) atoms. The predicted octanol–water partition coefficient (Wildman–Crippen LogP) is 4.83. The van der Waals surface area contributed by atoms with Crippen molar-refractivity contribution in [3.63, 3.8) is 0 Å². The lowest BCUT2D eigenvalue weighted by molar-refractivity contribution is 0.267. The molecule has 3 N–H and O–H groups in total. The molecular weight excluding hydrogens is 528 g/mol. The first-order chi connectivity index (χ1) is 15.4. The summed E-state index contributed by atoms with van der Waals surface area (Å²) in [6, 6.07) is 20.6. The molecule has 6 nitrogen and oxygen atoms in total. The third-order valence-electron chi connectivity index (χ3n) is 4.77. The zero-order valence-corrected chi connectivity index (χ0v) is 21.5. The smallest absolute Gasteiger partial charge is 0.238 e. The van der Waals surface area contributed by atoms with Gasteiger partial charge in [-0.15, -0.1) is 12.4 Å². The number of primary sulfonamides is 1. The lowest BCUT2D eigenvalue weighted by atomic mass is 10.1. The van der Waals surface area contributed by atoms with Crippen molar-refractivity contribution in [3.8, 4) is 11.5 Å². The minimum Gasteiger partial charge on any atom is -0.490 e. The van der Waals surface area contributed by atoms with Crippen molar-refractivity contribution in [2.24, 2.45) is 5.14 Å². The molecule has 0 aromatic heterocycles. The molecule has 0 spiro atoms. The number of ether oxygens (including phenoxy) is 2. The Kier molecular flexibility index (Phi) is 10.7. The van der Waals surface area contributed by atoms with Gasteiger partial charge in [0.2, 0.25) is 10.0 Å². The van der Waals surface area contributed by atoms with Gasteiger partial charge in [0.25, 0.3) is 0 Å². The normalized spacial score (nSPS) is 11.0. The van der Waals surface area contributed by atoms with Gasteiger partial charge in [-0.25, -0.2) is 13.6 Å². The molecule has 0 radical (unpaired) electrons. The van der Waals surface area contributed by atoms with Gasteiger partial charge in [0.1, 0.15) is 6.61 Å². The summed E-state index contributed by atoms with van der Waals surface area (Å²) in [5, 5.41) is 8.54. The monoisotopic (exact) mass is 554 g/mol. The number of nitrogens with one attached hydrogen (secondary N) is 1. The molecule has 0 saturated carbocycles.